The van der Waals surface area contributed by atoms with Crippen LogP contribution in [0.2, 0.25) is 0 Å². The van der Waals surface area contributed by atoms with E-state index in [-0.39, 0.29) is 5.60 Å². The van der Waals surface area contributed by atoms with E-state index in [4.69, 9.17) is 17.0 Å². The van der Waals surface area contributed by atoms with E-state index in [1.54, 1.807) is 0 Å². The molecule has 5 heteroatoms. The summed E-state index contributed by atoms with van der Waals surface area (Å²) in [6.45, 7) is 7.65. The predicted octanol–water partition coefficient (Wildman–Crippen LogP) is 4.12. The van der Waals surface area contributed by atoms with Gasteiger partial charge in [0.1, 0.15) is 0 Å². The Morgan fingerprint density at radius 1 is 1.44 bits per heavy atom. The number of hydrogen-bond acceptors (Lipinski definition) is 2. The largest absolute Gasteiger partial charge is 0.374 e. The zero-order valence-corrected chi connectivity index (χ0v) is 13.8. The zero-order chi connectivity index (χ0) is 13.3. The molecule has 98 valence electrons. The number of nitrogens with zero attached hydrogens (tertiary/aromatic N) is 1. The monoisotopic (exact) mass is 376 g/mol. The number of halogens is 1. The molecule has 0 aliphatic rings. The maximum absolute atomic E-state index is 5.75. The molecule has 18 heavy (non-hydrogen) atoms. The molecule has 0 aliphatic heterocycles. The van der Waals surface area contributed by atoms with Crippen molar-refractivity contribution >= 4 is 45.8 Å². The molecular weight excluding hydrogens is 359 g/mol. The molecule has 0 saturated heterocycles. The minimum absolute atomic E-state index is 0.217. The number of imidazole rings is 1. The number of aromatic amines is 1. The average molecular weight is 376 g/mol. The van der Waals surface area contributed by atoms with E-state index in [9.17, 15) is 0 Å². The molecule has 1 heterocycles. The maximum Gasteiger partial charge on any atom is 0.178 e. The molecule has 3 nitrogen and oxygen atoms in total. The second-order valence-corrected chi connectivity index (χ2v) is 6.50. The van der Waals surface area contributed by atoms with Gasteiger partial charge in [-0.25, -0.2) is 0 Å². The Labute approximate surface area is 126 Å². The van der Waals surface area contributed by atoms with Gasteiger partial charge in [-0.1, -0.05) is 0 Å². The summed E-state index contributed by atoms with van der Waals surface area (Å²) in [7, 11) is 0. The van der Waals surface area contributed by atoms with Gasteiger partial charge in [0.15, 0.2) is 4.77 Å². The molecule has 1 aromatic carbocycles. The Morgan fingerprint density at radius 2 is 2.17 bits per heavy atom. The lowest BCUT2D eigenvalue weighted by Gasteiger charge is -2.25. The fourth-order valence-electron chi connectivity index (χ4n) is 2.11. The highest BCUT2D eigenvalue weighted by molar-refractivity contribution is 14.1. The van der Waals surface area contributed by atoms with E-state index in [0.717, 1.165) is 22.3 Å². The SMILES string of the molecule is CCOC(C)(C)Cn1c(=S)[nH]c2cc(I)ccc21. The van der Waals surface area contributed by atoms with Crippen molar-refractivity contribution in [1.29, 1.82) is 0 Å². The molecule has 1 aromatic heterocycles. The maximum atomic E-state index is 5.75. The van der Waals surface area contributed by atoms with Gasteiger partial charge in [-0.2, -0.15) is 0 Å². The standard InChI is InChI=1S/C13H17IN2OS/c1-4-17-13(2,3)8-16-11-6-5-9(14)7-10(11)15-12(16)18/h5-7H,4,8H2,1-3H3,(H,15,18). The number of rotatable bonds is 4. The van der Waals surface area contributed by atoms with Gasteiger partial charge in [0.05, 0.1) is 23.2 Å². The van der Waals surface area contributed by atoms with Crippen molar-refractivity contribution in [2.24, 2.45) is 0 Å². The number of aromatic nitrogens is 2. The fraction of sp³-hybridized carbons (Fsp3) is 0.462. The van der Waals surface area contributed by atoms with E-state index in [2.05, 4.69) is 64.2 Å². The van der Waals surface area contributed by atoms with E-state index in [1.807, 2.05) is 6.92 Å². The topological polar surface area (TPSA) is 29.9 Å². The van der Waals surface area contributed by atoms with Crippen LogP contribution in [-0.4, -0.2) is 21.8 Å². The molecular formula is C13H17IN2OS. The van der Waals surface area contributed by atoms with Gasteiger partial charge in [0.2, 0.25) is 0 Å². The minimum atomic E-state index is -0.217. The third kappa shape index (κ3) is 2.95. The number of H-pyrrole nitrogens is 1. The lowest BCUT2D eigenvalue weighted by atomic mass is 10.1. The summed E-state index contributed by atoms with van der Waals surface area (Å²) in [5.41, 5.74) is 2.00. The first kappa shape index (κ1) is 14.0. The van der Waals surface area contributed by atoms with Gasteiger partial charge in [0.25, 0.3) is 0 Å². The van der Waals surface area contributed by atoms with Crippen LogP contribution in [0.4, 0.5) is 0 Å². The molecule has 1 N–H and O–H groups in total. The summed E-state index contributed by atoms with van der Waals surface area (Å²) >= 11 is 7.70. The Bertz CT molecular complexity index is 615. The van der Waals surface area contributed by atoms with Gasteiger partial charge in [-0.05, 0) is 73.8 Å². The third-order valence-electron chi connectivity index (χ3n) is 2.81. The summed E-state index contributed by atoms with van der Waals surface area (Å²) in [4.78, 5) is 3.25. The second kappa shape index (κ2) is 5.30. The van der Waals surface area contributed by atoms with E-state index < -0.39 is 0 Å². The van der Waals surface area contributed by atoms with Crippen molar-refractivity contribution in [3.05, 3.63) is 26.5 Å². The molecule has 0 saturated carbocycles. The molecule has 0 unspecified atom stereocenters. The average Bonchev–Trinajstić information content (AvgIpc) is 2.54. The number of fused-ring (bicyclic) bond motifs is 1. The van der Waals surface area contributed by atoms with Crippen LogP contribution in [0.25, 0.3) is 11.0 Å². The van der Waals surface area contributed by atoms with Crippen LogP contribution in [0.5, 0.6) is 0 Å². The molecule has 0 amide bonds. The zero-order valence-electron chi connectivity index (χ0n) is 10.8. The molecule has 0 aliphatic carbocycles. The van der Waals surface area contributed by atoms with Crippen molar-refractivity contribution in [3.8, 4) is 0 Å². The number of hydrogen-bond donors (Lipinski definition) is 1. The van der Waals surface area contributed by atoms with Crippen LogP contribution in [0, 0.1) is 8.34 Å². The summed E-state index contributed by atoms with van der Waals surface area (Å²) in [5, 5.41) is 0. The first-order chi connectivity index (χ1) is 8.43. The minimum Gasteiger partial charge on any atom is -0.374 e. The molecule has 0 atom stereocenters. The lowest BCUT2D eigenvalue weighted by Crippen LogP contribution is -2.30. The van der Waals surface area contributed by atoms with Crippen LogP contribution >= 0.6 is 34.8 Å². The van der Waals surface area contributed by atoms with Crippen molar-refractivity contribution in [3.63, 3.8) is 0 Å². The highest BCUT2D eigenvalue weighted by Crippen LogP contribution is 2.21. The fourth-order valence-corrected chi connectivity index (χ4v) is 2.87. The van der Waals surface area contributed by atoms with Gasteiger partial charge in [-0.15, -0.1) is 0 Å². The van der Waals surface area contributed by atoms with Crippen LogP contribution in [0.15, 0.2) is 18.2 Å². The summed E-state index contributed by atoms with van der Waals surface area (Å²) in [5.74, 6) is 0. The molecule has 0 spiro atoms. The van der Waals surface area contributed by atoms with Crippen molar-refractivity contribution in [2.45, 2.75) is 32.9 Å². The van der Waals surface area contributed by atoms with Crippen LogP contribution < -0.4 is 0 Å². The predicted molar refractivity (Wildman–Crippen MR) is 85.5 cm³/mol. The van der Waals surface area contributed by atoms with Gasteiger partial charge >= 0.3 is 0 Å². The summed E-state index contributed by atoms with van der Waals surface area (Å²) in [6, 6.07) is 6.30. The number of ether oxygens (including phenoxy) is 1. The molecule has 2 aromatic rings. The summed E-state index contributed by atoms with van der Waals surface area (Å²) in [6.07, 6.45) is 0. The van der Waals surface area contributed by atoms with Crippen molar-refractivity contribution in [1.82, 2.24) is 9.55 Å². The van der Waals surface area contributed by atoms with Gasteiger partial charge in [-0.3, -0.25) is 0 Å². The third-order valence-corrected chi connectivity index (χ3v) is 3.80. The Hall–Kier alpha value is -0.400. The first-order valence-electron chi connectivity index (χ1n) is 5.95. The van der Waals surface area contributed by atoms with Crippen LogP contribution in [-0.2, 0) is 11.3 Å². The van der Waals surface area contributed by atoms with Crippen molar-refractivity contribution in [2.75, 3.05) is 6.61 Å². The van der Waals surface area contributed by atoms with Gasteiger partial charge in [0, 0.05) is 10.2 Å². The molecule has 0 radical (unpaired) electrons. The van der Waals surface area contributed by atoms with Gasteiger partial charge < -0.3 is 14.3 Å². The quantitative estimate of drug-likeness (QED) is 0.643. The second-order valence-electron chi connectivity index (χ2n) is 4.87. The smallest absolute Gasteiger partial charge is 0.178 e. The molecule has 0 bridgehead atoms. The molecule has 0 fully saturated rings. The Kier molecular flexibility index (Phi) is 4.13. The van der Waals surface area contributed by atoms with Crippen LogP contribution in [0.3, 0.4) is 0 Å². The van der Waals surface area contributed by atoms with E-state index in [1.165, 1.54) is 3.57 Å². The lowest BCUT2D eigenvalue weighted by molar-refractivity contribution is -0.0219. The number of benzene rings is 1. The molecule has 2 rings (SSSR count). The van der Waals surface area contributed by atoms with Crippen molar-refractivity contribution < 1.29 is 4.74 Å². The Balaban J connectivity index is 2.45. The Morgan fingerprint density at radius 3 is 2.83 bits per heavy atom. The van der Waals surface area contributed by atoms with E-state index >= 15 is 0 Å². The number of nitrogens with one attached hydrogen (secondary N) is 1. The normalized spacial score (nSPS) is 12.2. The van der Waals surface area contributed by atoms with E-state index in [0.29, 0.717) is 6.61 Å². The highest BCUT2D eigenvalue weighted by atomic mass is 127. The first-order valence-corrected chi connectivity index (χ1v) is 7.44. The summed E-state index contributed by atoms with van der Waals surface area (Å²) < 4.78 is 9.81. The van der Waals surface area contributed by atoms with Crippen LogP contribution in [0.1, 0.15) is 20.8 Å². The highest BCUT2D eigenvalue weighted by Gasteiger charge is 2.20.